The average molecular weight is 313 g/mol. The van der Waals surface area contributed by atoms with Crippen molar-refractivity contribution in [3.63, 3.8) is 0 Å². The zero-order valence-electron chi connectivity index (χ0n) is 12.4. The van der Waals surface area contributed by atoms with Crippen LogP contribution < -0.4 is 4.74 Å². The Bertz CT molecular complexity index is 412. The molecule has 0 heterocycles. The first-order valence-electron chi connectivity index (χ1n) is 6.73. The fraction of sp³-hybridized carbons (Fsp3) is 0.625. The van der Waals surface area contributed by atoms with Crippen LogP contribution >= 0.6 is 15.9 Å². The second kappa shape index (κ2) is 6.60. The van der Waals surface area contributed by atoms with Crippen LogP contribution in [0.1, 0.15) is 48.9 Å². The van der Waals surface area contributed by atoms with E-state index in [1.165, 1.54) is 22.3 Å². The Morgan fingerprint density at radius 1 is 1.17 bits per heavy atom. The van der Waals surface area contributed by atoms with Crippen molar-refractivity contribution in [3.05, 3.63) is 28.3 Å². The molecule has 0 amide bonds. The van der Waals surface area contributed by atoms with E-state index in [0.29, 0.717) is 11.8 Å². The Labute approximate surface area is 120 Å². The Kier molecular flexibility index (Phi) is 5.71. The number of alkyl halides is 1. The van der Waals surface area contributed by atoms with Gasteiger partial charge < -0.3 is 4.74 Å². The van der Waals surface area contributed by atoms with Crippen molar-refractivity contribution in [1.29, 1.82) is 0 Å². The summed E-state index contributed by atoms with van der Waals surface area (Å²) < 4.78 is 5.71. The Hall–Kier alpha value is -0.500. The van der Waals surface area contributed by atoms with Crippen molar-refractivity contribution >= 4 is 15.9 Å². The van der Waals surface area contributed by atoms with Gasteiger partial charge in [-0.15, -0.1) is 0 Å². The van der Waals surface area contributed by atoms with Crippen LogP contribution in [0.2, 0.25) is 0 Å². The van der Waals surface area contributed by atoms with Crippen molar-refractivity contribution in [1.82, 2.24) is 0 Å². The van der Waals surface area contributed by atoms with Gasteiger partial charge in [-0.1, -0.05) is 29.8 Å². The first-order valence-corrected chi connectivity index (χ1v) is 7.85. The molecule has 2 unspecified atom stereocenters. The van der Waals surface area contributed by atoms with Gasteiger partial charge in [0.1, 0.15) is 5.75 Å². The summed E-state index contributed by atoms with van der Waals surface area (Å²) >= 11 is 3.59. The van der Waals surface area contributed by atoms with Crippen molar-refractivity contribution < 1.29 is 4.74 Å². The average Bonchev–Trinajstić information content (AvgIpc) is 2.34. The van der Waals surface area contributed by atoms with Crippen LogP contribution in [0.25, 0.3) is 0 Å². The van der Waals surface area contributed by atoms with Crippen LogP contribution in [0.15, 0.2) is 6.07 Å². The first kappa shape index (κ1) is 15.6. The van der Waals surface area contributed by atoms with Gasteiger partial charge in [0, 0.05) is 5.33 Å². The third-order valence-corrected chi connectivity index (χ3v) is 4.98. The lowest BCUT2D eigenvalue weighted by atomic mass is 9.83. The van der Waals surface area contributed by atoms with E-state index >= 15 is 0 Å². The van der Waals surface area contributed by atoms with E-state index in [9.17, 15) is 0 Å². The molecule has 1 aromatic rings. The molecule has 0 saturated carbocycles. The number of halogens is 1. The van der Waals surface area contributed by atoms with Gasteiger partial charge in [-0.3, -0.25) is 0 Å². The van der Waals surface area contributed by atoms with Gasteiger partial charge in [0.15, 0.2) is 0 Å². The fourth-order valence-corrected chi connectivity index (χ4v) is 3.05. The minimum atomic E-state index is 0.568. The second-order valence-electron chi connectivity index (χ2n) is 5.21. The van der Waals surface area contributed by atoms with E-state index < -0.39 is 0 Å². The van der Waals surface area contributed by atoms with Gasteiger partial charge in [-0.05, 0) is 67.9 Å². The van der Waals surface area contributed by atoms with Gasteiger partial charge in [0.05, 0.1) is 6.61 Å². The third kappa shape index (κ3) is 3.09. The summed E-state index contributed by atoms with van der Waals surface area (Å²) in [5.41, 5.74) is 5.51. The molecule has 0 aromatic heterocycles. The Balaban J connectivity index is 3.26. The van der Waals surface area contributed by atoms with Crippen LogP contribution in [0.5, 0.6) is 5.75 Å². The predicted octanol–water partition coefficient (Wildman–Crippen LogP) is 5.15. The maximum Gasteiger partial charge on any atom is 0.122 e. The number of benzene rings is 1. The molecule has 0 spiro atoms. The van der Waals surface area contributed by atoms with E-state index in [-0.39, 0.29) is 0 Å². The van der Waals surface area contributed by atoms with Gasteiger partial charge in [0.25, 0.3) is 0 Å². The lowest BCUT2D eigenvalue weighted by Gasteiger charge is -2.25. The molecule has 0 N–H and O–H groups in total. The quantitative estimate of drug-likeness (QED) is 0.684. The molecule has 0 aliphatic carbocycles. The highest BCUT2D eigenvalue weighted by atomic mass is 79.9. The number of hydrogen-bond acceptors (Lipinski definition) is 1. The second-order valence-corrected chi connectivity index (χ2v) is 5.86. The standard InChI is InChI=1S/C16H25BrO/c1-7-18-15-8-10(2)16(14(6)13(15)5)12(4)11(3)9-17/h8,11-12H,7,9H2,1-6H3. The number of hydrogen-bond donors (Lipinski definition) is 0. The number of aryl methyl sites for hydroxylation is 1. The monoisotopic (exact) mass is 312 g/mol. The van der Waals surface area contributed by atoms with Crippen molar-refractivity contribution in [2.24, 2.45) is 5.92 Å². The van der Waals surface area contributed by atoms with E-state index in [0.717, 1.165) is 17.7 Å². The molecule has 2 heteroatoms. The summed E-state index contributed by atoms with van der Waals surface area (Å²) in [7, 11) is 0. The SMILES string of the molecule is CCOc1cc(C)c(C(C)C(C)CBr)c(C)c1C. The van der Waals surface area contributed by atoms with Crippen LogP contribution in [-0.2, 0) is 0 Å². The molecule has 18 heavy (non-hydrogen) atoms. The fourth-order valence-electron chi connectivity index (χ4n) is 2.49. The van der Waals surface area contributed by atoms with Crippen molar-refractivity contribution in [3.8, 4) is 5.75 Å². The zero-order chi connectivity index (χ0) is 13.9. The van der Waals surface area contributed by atoms with Crippen LogP contribution in [0.4, 0.5) is 0 Å². The van der Waals surface area contributed by atoms with Gasteiger partial charge in [-0.2, -0.15) is 0 Å². The summed E-state index contributed by atoms with van der Waals surface area (Å²) in [6, 6.07) is 2.19. The molecule has 0 bridgehead atoms. The summed E-state index contributed by atoms with van der Waals surface area (Å²) in [6.45, 7) is 14.0. The van der Waals surface area contributed by atoms with E-state index in [1.54, 1.807) is 0 Å². The van der Waals surface area contributed by atoms with Gasteiger partial charge >= 0.3 is 0 Å². The minimum Gasteiger partial charge on any atom is -0.494 e. The molecule has 0 saturated heterocycles. The van der Waals surface area contributed by atoms with Gasteiger partial charge in [-0.25, -0.2) is 0 Å². The molecule has 0 radical (unpaired) electrons. The maximum absolute atomic E-state index is 5.71. The zero-order valence-corrected chi connectivity index (χ0v) is 14.0. The maximum atomic E-state index is 5.71. The highest BCUT2D eigenvalue weighted by Crippen LogP contribution is 2.35. The topological polar surface area (TPSA) is 9.23 Å². The number of rotatable bonds is 5. The van der Waals surface area contributed by atoms with Crippen LogP contribution in [0.3, 0.4) is 0 Å². The smallest absolute Gasteiger partial charge is 0.122 e. The molecule has 2 atom stereocenters. The third-order valence-electron chi connectivity index (χ3n) is 3.96. The Morgan fingerprint density at radius 3 is 2.28 bits per heavy atom. The van der Waals surface area contributed by atoms with Crippen LogP contribution in [-0.4, -0.2) is 11.9 Å². The van der Waals surface area contributed by atoms with E-state index in [4.69, 9.17) is 4.74 Å². The largest absolute Gasteiger partial charge is 0.494 e. The molecular weight excluding hydrogens is 288 g/mol. The molecule has 0 aliphatic heterocycles. The lowest BCUT2D eigenvalue weighted by Crippen LogP contribution is -2.12. The highest BCUT2D eigenvalue weighted by molar-refractivity contribution is 9.09. The lowest BCUT2D eigenvalue weighted by molar-refractivity contribution is 0.337. The van der Waals surface area contributed by atoms with Crippen molar-refractivity contribution in [2.75, 3.05) is 11.9 Å². The Morgan fingerprint density at radius 2 is 1.78 bits per heavy atom. The molecular formula is C16H25BrO. The normalized spacial score (nSPS) is 14.4. The van der Waals surface area contributed by atoms with E-state index in [1.807, 2.05) is 6.92 Å². The van der Waals surface area contributed by atoms with Crippen LogP contribution in [0, 0.1) is 26.7 Å². The summed E-state index contributed by atoms with van der Waals surface area (Å²) in [5, 5.41) is 1.04. The molecule has 1 rings (SSSR count). The molecule has 0 fully saturated rings. The minimum absolute atomic E-state index is 0.568. The molecule has 0 aliphatic rings. The van der Waals surface area contributed by atoms with E-state index in [2.05, 4.69) is 56.6 Å². The molecule has 1 aromatic carbocycles. The molecule has 102 valence electrons. The predicted molar refractivity (Wildman–Crippen MR) is 83.2 cm³/mol. The number of ether oxygens (including phenoxy) is 1. The summed E-state index contributed by atoms with van der Waals surface area (Å²) in [6.07, 6.45) is 0. The van der Waals surface area contributed by atoms with Gasteiger partial charge in [0.2, 0.25) is 0 Å². The summed E-state index contributed by atoms with van der Waals surface area (Å²) in [4.78, 5) is 0. The first-order chi connectivity index (χ1) is 8.43. The highest BCUT2D eigenvalue weighted by Gasteiger charge is 2.20. The van der Waals surface area contributed by atoms with Crippen molar-refractivity contribution in [2.45, 2.75) is 47.5 Å². The molecule has 1 nitrogen and oxygen atoms in total. The summed E-state index contributed by atoms with van der Waals surface area (Å²) in [5.74, 6) is 2.24.